The number of hydrogen-bond acceptors (Lipinski definition) is 5. The van der Waals surface area contributed by atoms with E-state index in [1.807, 2.05) is 12.1 Å². The number of hydrogen-bond donors (Lipinski definition) is 1. The molecular formula is C11H12N4O. The van der Waals surface area contributed by atoms with Gasteiger partial charge in [0.1, 0.15) is 6.33 Å². The van der Waals surface area contributed by atoms with E-state index < -0.39 is 0 Å². The van der Waals surface area contributed by atoms with E-state index >= 15 is 0 Å². The number of rotatable bonds is 4. The van der Waals surface area contributed by atoms with Crippen LogP contribution in [0.5, 0.6) is 5.88 Å². The van der Waals surface area contributed by atoms with E-state index in [2.05, 4.69) is 20.3 Å². The van der Waals surface area contributed by atoms with Crippen LogP contribution in [0, 0.1) is 0 Å². The van der Waals surface area contributed by atoms with Gasteiger partial charge in [-0.25, -0.2) is 15.0 Å². The summed E-state index contributed by atoms with van der Waals surface area (Å²) in [4.78, 5) is 12.0. The van der Waals surface area contributed by atoms with Crippen molar-refractivity contribution in [1.29, 1.82) is 0 Å². The molecule has 0 aliphatic carbocycles. The number of pyridine rings is 1. The van der Waals surface area contributed by atoms with E-state index in [1.165, 1.54) is 6.33 Å². The molecule has 82 valence electrons. The molecule has 2 rings (SSSR count). The average molecular weight is 216 g/mol. The van der Waals surface area contributed by atoms with Crippen molar-refractivity contribution in [3.05, 3.63) is 42.6 Å². The smallest absolute Gasteiger partial charge is 0.213 e. The van der Waals surface area contributed by atoms with Crippen molar-refractivity contribution in [2.75, 3.05) is 12.4 Å². The first kappa shape index (κ1) is 10.4. The summed E-state index contributed by atoms with van der Waals surface area (Å²) >= 11 is 0. The highest BCUT2D eigenvalue weighted by Crippen LogP contribution is 2.11. The highest BCUT2D eigenvalue weighted by Gasteiger charge is 1.96. The molecule has 16 heavy (non-hydrogen) atoms. The van der Waals surface area contributed by atoms with E-state index in [1.54, 1.807) is 25.7 Å². The van der Waals surface area contributed by atoms with Crippen LogP contribution in [0.4, 0.5) is 5.69 Å². The van der Waals surface area contributed by atoms with Crippen LogP contribution >= 0.6 is 0 Å². The Morgan fingerprint density at radius 2 is 2.00 bits per heavy atom. The Labute approximate surface area is 93.5 Å². The summed E-state index contributed by atoms with van der Waals surface area (Å²) in [5.74, 6) is 0.605. The SMILES string of the molecule is COc1ccc(NCc2cncnc2)cn1. The second-order valence-electron chi connectivity index (χ2n) is 3.19. The zero-order chi connectivity index (χ0) is 11.2. The molecule has 0 aromatic carbocycles. The Morgan fingerprint density at radius 3 is 2.62 bits per heavy atom. The van der Waals surface area contributed by atoms with Gasteiger partial charge in [-0.3, -0.25) is 0 Å². The zero-order valence-corrected chi connectivity index (χ0v) is 8.92. The lowest BCUT2D eigenvalue weighted by Gasteiger charge is -2.05. The Bertz CT molecular complexity index is 429. The number of ether oxygens (including phenoxy) is 1. The highest BCUT2D eigenvalue weighted by molar-refractivity contribution is 5.42. The normalized spacial score (nSPS) is 9.81. The third-order valence-corrected chi connectivity index (χ3v) is 2.06. The molecule has 0 unspecified atom stereocenters. The van der Waals surface area contributed by atoms with E-state index in [0.717, 1.165) is 11.3 Å². The molecule has 0 aliphatic heterocycles. The summed E-state index contributed by atoms with van der Waals surface area (Å²) in [5, 5.41) is 3.21. The standard InChI is InChI=1S/C11H12N4O/c1-16-11-3-2-10(7-15-11)14-6-9-4-12-8-13-5-9/h2-5,7-8,14H,6H2,1H3. The van der Waals surface area contributed by atoms with Crippen molar-refractivity contribution in [2.24, 2.45) is 0 Å². The van der Waals surface area contributed by atoms with Crippen LogP contribution in [0.25, 0.3) is 0 Å². The number of nitrogens with one attached hydrogen (secondary N) is 1. The molecule has 2 aromatic rings. The van der Waals surface area contributed by atoms with Crippen LogP contribution in [0.2, 0.25) is 0 Å². The Hall–Kier alpha value is -2.17. The minimum absolute atomic E-state index is 0.605. The molecular weight excluding hydrogens is 204 g/mol. The molecule has 2 heterocycles. The second kappa shape index (κ2) is 5.06. The van der Waals surface area contributed by atoms with Crippen LogP contribution < -0.4 is 10.1 Å². The molecule has 2 aromatic heterocycles. The lowest BCUT2D eigenvalue weighted by atomic mass is 10.3. The van der Waals surface area contributed by atoms with Crippen molar-refractivity contribution in [2.45, 2.75) is 6.54 Å². The zero-order valence-electron chi connectivity index (χ0n) is 8.92. The van der Waals surface area contributed by atoms with Crippen LogP contribution in [0.1, 0.15) is 5.56 Å². The number of nitrogens with zero attached hydrogens (tertiary/aromatic N) is 3. The molecule has 0 saturated heterocycles. The first-order chi connectivity index (χ1) is 7.88. The van der Waals surface area contributed by atoms with E-state index in [0.29, 0.717) is 12.4 Å². The van der Waals surface area contributed by atoms with Gasteiger partial charge in [-0.15, -0.1) is 0 Å². The number of anilines is 1. The molecule has 5 heteroatoms. The van der Waals surface area contributed by atoms with Crippen LogP contribution in [0.3, 0.4) is 0 Å². The minimum Gasteiger partial charge on any atom is -0.481 e. The fourth-order valence-corrected chi connectivity index (χ4v) is 1.23. The molecule has 0 amide bonds. The molecule has 0 atom stereocenters. The molecule has 0 spiro atoms. The van der Waals surface area contributed by atoms with E-state index in [4.69, 9.17) is 4.74 Å². The van der Waals surface area contributed by atoms with Crippen LogP contribution in [-0.2, 0) is 6.54 Å². The van der Waals surface area contributed by atoms with E-state index in [-0.39, 0.29) is 0 Å². The number of methoxy groups -OCH3 is 1. The molecule has 0 aliphatic rings. The molecule has 0 radical (unpaired) electrons. The van der Waals surface area contributed by atoms with E-state index in [9.17, 15) is 0 Å². The summed E-state index contributed by atoms with van der Waals surface area (Å²) in [6, 6.07) is 3.72. The summed E-state index contributed by atoms with van der Waals surface area (Å²) in [6.45, 7) is 0.675. The maximum atomic E-state index is 4.97. The lowest BCUT2D eigenvalue weighted by Crippen LogP contribution is -2.00. The fourth-order valence-electron chi connectivity index (χ4n) is 1.23. The Kier molecular flexibility index (Phi) is 3.28. The molecule has 0 saturated carbocycles. The van der Waals surface area contributed by atoms with Crippen LogP contribution in [-0.4, -0.2) is 22.1 Å². The topological polar surface area (TPSA) is 59.9 Å². The largest absolute Gasteiger partial charge is 0.481 e. The van der Waals surface area contributed by atoms with Gasteiger partial charge in [-0.1, -0.05) is 0 Å². The fraction of sp³-hybridized carbons (Fsp3) is 0.182. The van der Waals surface area contributed by atoms with Crippen molar-refractivity contribution >= 4 is 5.69 Å². The maximum Gasteiger partial charge on any atom is 0.213 e. The first-order valence-electron chi connectivity index (χ1n) is 4.86. The van der Waals surface area contributed by atoms with Crippen molar-refractivity contribution in [1.82, 2.24) is 15.0 Å². The second-order valence-corrected chi connectivity index (χ2v) is 3.19. The number of aromatic nitrogens is 3. The van der Waals surface area contributed by atoms with Crippen LogP contribution in [0.15, 0.2) is 37.1 Å². The summed E-state index contributed by atoms with van der Waals surface area (Å²) < 4.78 is 4.97. The van der Waals surface area contributed by atoms with Gasteiger partial charge in [0.15, 0.2) is 0 Å². The van der Waals surface area contributed by atoms with Gasteiger partial charge in [0.05, 0.1) is 19.0 Å². The predicted octanol–water partition coefficient (Wildman–Crippen LogP) is 1.49. The van der Waals surface area contributed by atoms with Gasteiger partial charge < -0.3 is 10.1 Å². The quantitative estimate of drug-likeness (QED) is 0.839. The van der Waals surface area contributed by atoms with Crippen molar-refractivity contribution in [3.8, 4) is 5.88 Å². The highest BCUT2D eigenvalue weighted by atomic mass is 16.5. The molecule has 0 fully saturated rings. The molecule has 1 N–H and O–H groups in total. The summed E-state index contributed by atoms with van der Waals surface area (Å²) in [6.07, 6.45) is 6.79. The van der Waals surface area contributed by atoms with Gasteiger partial charge in [-0.05, 0) is 6.07 Å². The van der Waals surface area contributed by atoms with Gasteiger partial charge >= 0.3 is 0 Å². The van der Waals surface area contributed by atoms with Gasteiger partial charge in [0.2, 0.25) is 5.88 Å². The maximum absolute atomic E-state index is 4.97. The van der Waals surface area contributed by atoms with Gasteiger partial charge in [-0.2, -0.15) is 0 Å². The third kappa shape index (κ3) is 2.66. The Morgan fingerprint density at radius 1 is 1.19 bits per heavy atom. The van der Waals surface area contributed by atoms with Crippen molar-refractivity contribution < 1.29 is 4.74 Å². The molecule has 5 nitrogen and oxygen atoms in total. The predicted molar refractivity (Wildman–Crippen MR) is 60.1 cm³/mol. The summed E-state index contributed by atoms with van der Waals surface area (Å²) in [7, 11) is 1.59. The monoisotopic (exact) mass is 216 g/mol. The van der Waals surface area contributed by atoms with Crippen molar-refractivity contribution in [3.63, 3.8) is 0 Å². The van der Waals surface area contributed by atoms with Gasteiger partial charge in [0.25, 0.3) is 0 Å². The Balaban J connectivity index is 1.94. The molecule has 0 bridgehead atoms. The first-order valence-corrected chi connectivity index (χ1v) is 4.86. The average Bonchev–Trinajstić information content (AvgIpc) is 2.38. The van der Waals surface area contributed by atoms with Gasteiger partial charge in [0, 0.05) is 30.6 Å². The minimum atomic E-state index is 0.605. The third-order valence-electron chi connectivity index (χ3n) is 2.06. The lowest BCUT2D eigenvalue weighted by molar-refractivity contribution is 0.398. The summed E-state index contributed by atoms with van der Waals surface area (Å²) in [5.41, 5.74) is 1.96.